The van der Waals surface area contributed by atoms with E-state index in [0.29, 0.717) is 11.8 Å². The standard InChI is InChI=1S/C8H9N3OS/c1-5-10-11-8(12-5)7(9)6-3-2-4-13-6/h2-4,7H,9H2,1H3. The van der Waals surface area contributed by atoms with Gasteiger partial charge in [-0.3, -0.25) is 0 Å². The van der Waals surface area contributed by atoms with Gasteiger partial charge in [0.15, 0.2) is 0 Å². The zero-order valence-electron chi connectivity index (χ0n) is 7.10. The predicted octanol–water partition coefficient (Wildman–Crippen LogP) is 1.49. The minimum Gasteiger partial charge on any atom is -0.423 e. The first-order chi connectivity index (χ1) is 6.27. The molecule has 0 saturated carbocycles. The highest BCUT2D eigenvalue weighted by atomic mass is 32.1. The van der Waals surface area contributed by atoms with Crippen molar-refractivity contribution in [1.82, 2.24) is 10.2 Å². The molecule has 5 heteroatoms. The number of hydrogen-bond donors (Lipinski definition) is 1. The molecule has 1 atom stereocenters. The first kappa shape index (κ1) is 8.40. The van der Waals surface area contributed by atoms with Gasteiger partial charge in [0.25, 0.3) is 0 Å². The zero-order valence-corrected chi connectivity index (χ0v) is 7.91. The van der Waals surface area contributed by atoms with Crippen molar-refractivity contribution in [3.8, 4) is 0 Å². The van der Waals surface area contributed by atoms with E-state index in [2.05, 4.69) is 10.2 Å². The second kappa shape index (κ2) is 3.27. The molecule has 2 aromatic heterocycles. The SMILES string of the molecule is Cc1nnc(C(N)c2cccs2)o1. The maximum atomic E-state index is 5.89. The van der Waals surface area contributed by atoms with Crippen LogP contribution in [0.1, 0.15) is 22.7 Å². The molecule has 0 fully saturated rings. The number of aromatic nitrogens is 2. The Bertz CT molecular complexity index is 382. The fourth-order valence-corrected chi connectivity index (χ4v) is 1.75. The van der Waals surface area contributed by atoms with E-state index < -0.39 is 0 Å². The van der Waals surface area contributed by atoms with Crippen LogP contribution < -0.4 is 5.73 Å². The Morgan fingerprint density at radius 2 is 2.38 bits per heavy atom. The second-order valence-corrected chi connectivity index (χ2v) is 3.63. The summed E-state index contributed by atoms with van der Waals surface area (Å²) in [6.45, 7) is 1.75. The molecule has 2 rings (SSSR count). The summed E-state index contributed by atoms with van der Waals surface area (Å²) in [5.74, 6) is 1.02. The summed E-state index contributed by atoms with van der Waals surface area (Å²) in [7, 11) is 0. The van der Waals surface area contributed by atoms with Crippen molar-refractivity contribution in [1.29, 1.82) is 0 Å². The van der Waals surface area contributed by atoms with Crippen molar-refractivity contribution in [2.24, 2.45) is 5.73 Å². The van der Waals surface area contributed by atoms with Gasteiger partial charge in [-0.2, -0.15) is 0 Å². The van der Waals surface area contributed by atoms with E-state index in [-0.39, 0.29) is 6.04 Å². The van der Waals surface area contributed by atoms with Gasteiger partial charge in [-0.25, -0.2) is 0 Å². The van der Waals surface area contributed by atoms with Crippen molar-refractivity contribution in [3.63, 3.8) is 0 Å². The molecule has 0 radical (unpaired) electrons. The van der Waals surface area contributed by atoms with Gasteiger partial charge >= 0.3 is 0 Å². The minimum atomic E-state index is -0.291. The van der Waals surface area contributed by atoms with E-state index in [1.165, 1.54) is 0 Å². The Balaban J connectivity index is 2.28. The summed E-state index contributed by atoms with van der Waals surface area (Å²) in [4.78, 5) is 1.03. The number of hydrogen-bond acceptors (Lipinski definition) is 5. The highest BCUT2D eigenvalue weighted by Gasteiger charge is 2.15. The monoisotopic (exact) mass is 195 g/mol. The lowest BCUT2D eigenvalue weighted by molar-refractivity contribution is 0.452. The van der Waals surface area contributed by atoms with Crippen LogP contribution in [0.15, 0.2) is 21.9 Å². The molecule has 0 aromatic carbocycles. The Labute approximate surface area is 79.4 Å². The fraction of sp³-hybridized carbons (Fsp3) is 0.250. The van der Waals surface area contributed by atoms with Crippen LogP contribution in [0.25, 0.3) is 0 Å². The normalized spacial score (nSPS) is 13.1. The average molecular weight is 195 g/mol. The molecular weight excluding hydrogens is 186 g/mol. The third-order valence-electron chi connectivity index (χ3n) is 1.66. The molecule has 0 amide bonds. The summed E-state index contributed by atoms with van der Waals surface area (Å²) in [6.07, 6.45) is 0. The summed E-state index contributed by atoms with van der Waals surface area (Å²) < 4.78 is 5.23. The Morgan fingerprint density at radius 1 is 1.54 bits per heavy atom. The molecule has 2 heterocycles. The molecular formula is C8H9N3OS. The van der Waals surface area contributed by atoms with E-state index in [9.17, 15) is 0 Å². The maximum absolute atomic E-state index is 5.89. The van der Waals surface area contributed by atoms with Crippen LogP contribution in [0, 0.1) is 6.92 Å². The Morgan fingerprint density at radius 3 is 2.92 bits per heavy atom. The molecule has 4 nitrogen and oxygen atoms in total. The van der Waals surface area contributed by atoms with Crippen LogP contribution in [0.3, 0.4) is 0 Å². The van der Waals surface area contributed by atoms with Crippen molar-refractivity contribution >= 4 is 11.3 Å². The maximum Gasteiger partial charge on any atom is 0.238 e. The van der Waals surface area contributed by atoms with Crippen molar-refractivity contribution in [2.75, 3.05) is 0 Å². The summed E-state index contributed by atoms with van der Waals surface area (Å²) >= 11 is 1.58. The summed E-state index contributed by atoms with van der Waals surface area (Å²) in [6, 6.07) is 3.61. The summed E-state index contributed by atoms with van der Waals surface area (Å²) in [5, 5.41) is 9.56. The molecule has 0 spiro atoms. The van der Waals surface area contributed by atoms with Crippen LogP contribution >= 0.6 is 11.3 Å². The van der Waals surface area contributed by atoms with Crippen LogP contribution in [0.5, 0.6) is 0 Å². The van der Waals surface area contributed by atoms with E-state index in [0.717, 1.165) is 4.88 Å². The lowest BCUT2D eigenvalue weighted by Crippen LogP contribution is -2.10. The average Bonchev–Trinajstić information content (AvgIpc) is 2.72. The van der Waals surface area contributed by atoms with E-state index in [4.69, 9.17) is 10.2 Å². The fourth-order valence-electron chi connectivity index (χ4n) is 1.03. The Kier molecular flexibility index (Phi) is 2.12. The third-order valence-corrected chi connectivity index (χ3v) is 2.61. The van der Waals surface area contributed by atoms with Gasteiger partial charge < -0.3 is 10.2 Å². The highest BCUT2D eigenvalue weighted by Crippen LogP contribution is 2.22. The van der Waals surface area contributed by atoms with E-state index in [1.807, 2.05) is 17.5 Å². The minimum absolute atomic E-state index is 0.291. The van der Waals surface area contributed by atoms with Crippen LogP contribution in [-0.2, 0) is 0 Å². The lowest BCUT2D eigenvalue weighted by atomic mass is 10.2. The van der Waals surface area contributed by atoms with E-state index in [1.54, 1.807) is 18.3 Å². The lowest BCUT2D eigenvalue weighted by Gasteiger charge is -2.01. The van der Waals surface area contributed by atoms with Crippen LogP contribution in [-0.4, -0.2) is 10.2 Å². The van der Waals surface area contributed by atoms with Gasteiger partial charge in [0.2, 0.25) is 11.8 Å². The molecule has 68 valence electrons. The highest BCUT2D eigenvalue weighted by molar-refractivity contribution is 7.10. The van der Waals surface area contributed by atoms with Crippen molar-refractivity contribution in [2.45, 2.75) is 13.0 Å². The largest absolute Gasteiger partial charge is 0.423 e. The van der Waals surface area contributed by atoms with Gasteiger partial charge in [-0.15, -0.1) is 21.5 Å². The van der Waals surface area contributed by atoms with Gasteiger partial charge in [0.05, 0.1) is 0 Å². The molecule has 2 aromatic rings. The topological polar surface area (TPSA) is 64.9 Å². The first-order valence-corrected chi connectivity index (χ1v) is 4.74. The smallest absolute Gasteiger partial charge is 0.238 e. The van der Waals surface area contributed by atoms with Gasteiger partial charge in [0, 0.05) is 11.8 Å². The zero-order chi connectivity index (χ0) is 9.26. The third kappa shape index (κ3) is 1.61. The van der Waals surface area contributed by atoms with Crippen LogP contribution in [0.4, 0.5) is 0 Å². The number of nitrogens with two attached hydrogens (primary N) is 1. The molecule has 0 aliphatic rings. The van der Waals surface area contributed by atoms with Crippen LogP contribution in [0.2, 0.25) is 0 Å². The number of aryl methyl sites for hydroxylation is 1. The number of rotatable bonds is 2. The molecule has 13 heavy (non-hydrogen) atoms. The van der Waals surface area contributed by atoms with Gasteiger partial charge in [-0.05, 0) is 11.4 Å². The quantitative estimate of drug-likeness (QED) is 0.788. The first-order valence-electron chi connectivity index (χ1n) is 3.86. The molecule has 0 saturated heterocycles. The van der Waals surface area contributed by atoms with Crippen molar-refractivity contribution < 1.29 is 4.42 Å². The summed E-state index contributed by atoms with van der Waals surface area (Å²) in [5.41, 5.74) is 5.89. The Hall–Kier alpha value is -1.20. The molecule has 1 unspecified atom stereocenters. The molecule has 0 aliphatic heterocycles. The second-order valence-electron chi connectivity index (χ2n) is 2.65. The van der Waals surface area contributed by atoms with Gasteiger partial charge in [0.1, 0.15) is 6.04 Å². The van der Waals surface area contributed by atoms with E-state index >= 15 is 0 Å². The number of thiophene rings is 1. The molecule has 0 aliphatic carbocycles. The number of nitrogens with zero attached hydrogens (tertiary/aromatic N) is 2. The molecule has 2 N–H and O–H groups in total. The van der Waals surface area contributed by atoms with Crippen molar-refractivity contribution in [3.05, 3.63) is 34.2 Å². The predicted molar refractivity (Wildman–Crippen MR) is 49.4 cm³/mol. The van der Waals surface area contributed by atoms with Gasteiger partial charge in [-0.1, -0.05) is 6.07 Å². The molecule has 0 bridgehead atoms.